The van der Waals surface area contributed by atoms with Gasteiger partial charge < -0.3 is 14.6 Å². The fourth-order valence-electron chi connectivity index (χ4n) is 4.52. The molecule has 0 spiro atoms. The quantitative estimate of drug-likeness (QED) is 0.570. The van der Waals surface area contributed by atoms with Crippen molar-refractivity contribution in [3.05, 3.63) is 96.6 Å². The van der Waals surface area contributed by atoms with E-state index in [9.17, 15) is 5.11 Å². The second-order valence-corrected chi connectivity index (χ2v) is 11.1. The van der Waals surface area contributed by atoms with Crippen LogP contribution < -0.4 is 10.6 Å². The SMILES string of the molecule is O=P(c1ccccc1)(c1ccccc1)[C@@H](CN1CCCCC1)[C@@H](O)c1ccccc1. The summed E-state index contributed by atoms with van der Waals surface area (Å²) in [4.78, 5) is 2.39. The first kappa shape index (κ1) is 21.1. The molecule has 0 aliphatic carbocycles. The lowest BCUT2D eigenvalue weighted by Gasteiger charge is -2.37. The Labute approximate surface area is 179 Å². The highest BCUT2D eigenvalue weighted by molar-refractivity contribution is 7.79. The Kier molecular flexibility index (Phi) is 6.84. The summed E-state index contributed by atoms with van der Waals surface area (Å²) in [5.74, 6) is 0. The van der Waals surface area contributed by atoms with Crippen molar-refractivity contribution >= 4 is 17.8 Å². The molecule has 0 saturated carbocycles. The zero-order chi connectivity index (χ0) is 20.8. The van der Waals surface area contributed by atoms with Gasteiger partial charge in [-0.15, -0.1) is 0 Å². The molecule has 1 heterocycles. The van der Waals surface area contributed by atoms with Gasteiger partial charge in [0, 0.05) is 17.2 Å². The van der Waals surface area contributed by atoms with E-state index in [1.165, 1.54) is 6.42 Å². The summed E-state index contributed by atoms with van der Waals surface area (Å²) >= 11 is 0. The number of aliphatic hydroxyl groups excluding tert-OH is 1. The van der Waals surface area contributed by atoms with E-state index in [0.717, 1.165) is 42.1 Å². The van der Waals surface area contributed by atoms with Crippen molar-refractivity contribution < 1.29 is 9.67 Å². The molecule has 30 heavy (non-hydrogen) atoms. The Morgan fingerprint density at radius 1 is 0.733 bits per heavy atom. The molecule has 2 atom stereocenters. The van der Waals surface area contributed by atoms with E-state index in [-0.39, 0.29) is 0 Å². The highest BCUT2D eigenvalue weighted by Crippen LogP contribution is 2.53. The molecule has 1 saturated heterocycles. The van der Waals surface area contributed by atoms with Crippen LogP contribution in [0.3, 0.4) is 0 Å². The Bertz CT molecular complexity index is 913. The number of benzene rings is 3. The number of piperidine rings is 1. The standard InChI is InChI=1S/C26H30NO2P/c28-26(22-13-5-1-6-14-22)25(21-27-19-11-4-12-20-27)30(29,23-15-7-2-8-16-23)24-17-9-3-10-18-24/h1-3,5-10,13-18,25-26,28H,4,11-12,19-21H2/t25-,26-/m0/s1. The zero-order valence-electron chi connectivity index (χ0n) is 17.3. The zero-order valence-corrected chi connectivity index (χ0v) is 18.2. The lowest BCUT2D eigenvalue weighted by Crippen LogP contribution is -2.42. The van der Waals surface area contributed by atoms with Crippen LogP contribution in [-0.2, 0) is 4.57 Å². The third-order valence-corrected chi connectivity index (χ3v) is 9.66. The minimum absolute atomic E-state index is 0.414. The van der Waals surface area contributed by atoms with Crippen molar-refractivity contribution in [1.82, 2.24) is 4.90 Å². The summed E-state index contributed by atoms with van der Waals surface area (Å²) in [7, 11) is -3.11. The summed E-state index contributed by atoms with van der Waals surface area (Å²) in [5, 5.41) is 13.2. The average molecular weight is 420 g/mol. The average Bonchev–Trinajstić information content (AvgIpc) is 2.84. The van der Waals surface area contributed by atoms with E-state index in [0.29, 0.717) is 6.54 Å². The number of hydrogen-bond donors (Lipinski definition) is 1. The van der Waals surface area contributed by atoms with Crippen LogP contribution in [0.25, 0.3) is 0 Å². The van der Waals surface area contributed by atoms with E-state index in [1.807, 2.05) is 91.0 Å². The molecule has 0 amide bonds. The summed E-state index contributed by atoms with van der Waals surface area (Å²) < 4.78 is 15.0. The van der Waals surface area contributed by atoms with Crippen LogP contribution in [0.4, 0.5) is 0 Å². The monoisotopic (exact) mass is 419 g/mol. The molecule has 1 aliphatic rings. The van der Waals surface area contributed by atoms with E-state index in [1.54, 1.807) is 0 Å². The maximum Gasteiger partial charge on any atom is 0.150 e. The summed E-state index contributed by atoms with van der Waals surface area (Å²) in [6.45, 7) is 2.63. The predicted octanol–water partition coefficient (Wildman–Crippen LogP) is 4.59. The Hall–Kier alpha value is -2.19. The number of nitrogens with zero attached hydrogens (tertiary/aromatic N) is 1. The van der Waals surface area contributed by atoms with Gasteiger partial charge in [0.05, 0.1) is 11.8 Å². The predicted molar refractivity (Wildman–Crippen MR) is 125 cm³/mol. The van der Waals surface area contributed by atoms with Gasteiger partial charge in [0.25, 0.3) is 0 Å². The minimum Gasteiger partial charge on any atom is -0.388 e. The van der Waals surface area contributed by atoms with Crippen molar-refractivity contribution in [3.8, 4) is 0 Å². The molecule has 156 valence electrons. The first-order valence-corrected chi connectivity index (χ1v) is 12.6. The lowest BCUT2D eigenvalue weighted by molar-refractivity contribution is 0.137. The van der Waals surface area contributed by atoms with E-state index in [4.69, 9.17) is 0 Å². The topological polar surface area (TPSA) is 40.5 Å². The van der Waals surface area contributed by atoms with Crippen LogP contribution >= 0.6 is 7.14 Å². The molecular formula is C26H30NO2P. The first-order chi connectivity index (χ1) is 14.7. The number of aliphatic hydroxyl groups is 1. The normalized spacial score (nSPS) is 17.4. The Morgan fingerprint density at radius 3 is 1.70 bits per heavy atom. The summed E-state index contributed by atoms with van der Waals surface area (Å²) in [6, 6.07) is 29.2. The second-order valence-electron chi connectivity index (χ2n) is 8.11. The highest BCUT2D eigenvalue weighted by Gasteiger charge is 2.42. The second kappa shape index (κ2) is 9.75. The molecule has 0 unspecified atom stereocenters. The molecule has 0 radical (unpaired) electrons. The molecule has 4 heteroatoms. The van der Waals surface area contributed by atoms with Crippen LogP contribution in [0.5, 0.6) is 0 Å². The molecule has 1 fully saturated rings. The molecule has 4 rings (SSSR count). The summed E-state index contributed by atoms with van der Waals surface area (Å²) in [5.41, 5.74) is 0.411. The number of likely N-dealkylation sites (tertiary alicyclic amines) is 1. The smallest absolute Gasteiger partial charge is 0.150 e. The fraction of sp³-hybridized carbons (Fsp3) is 0.308. The maximum atomic E-state index is 15.0. The Morgan fingerprint density at radius 2 is 1.20 bits per heavy atom. The molecule has 0 aromatic heterocycles. The third-order valence-electron chi connectivity index (χ3n) is 6.15. The van der Waals surface area contributed by atoms with Crippen LogP contribution in [0.1, 0.15) is 30.9 Å². The first-order valence-electron chi connectivity index (χ1n) is 10.9. The van der Waals surface area contributed by atoms with Gasteiger partial charge in [0.1, 0.15) is 7.14 Å². The molecule has 0 bridgehead atoms. The third kappa shape index (κ3) is 4.44. The maximum absolute atomic E-state index is 15.0. The molecule has 1 aliphatic heterocycles. The van der Waals surface area contributed by atoms with Gasteiger partial charge in [0.2, 0.25) is 0 Å². The van der Waals surface area contributed by atoms with Gasteiger partial charge in [-0.25, -0.2) is 0 Å². The number of rotatable bonds is 7. The van der Waals surface area contributed by atoms with E-state index < -0.39 is 18.9 Å². The largest absolute Gasteiger partial charge is 0.388 e. The Balaban J connectivity index is 1.83. The minimum atomic E-state index is -3.11. The van der Waals surface area contributed by atoms with Gasteiger partial charge in [-0.2, -0.15) is 0 Å². The number of hydrogen-bond acceptors (Lipinski definition) is 3. The van der Waals surface area contributed by atoms with Gasteiger partial charge in [-0.3, -0.25) is 0 Å². The summed E-state index contributed by atoms with van der Waals surface area (Å²) in [6.07, 6.45) is 2.76. The van der Waals surface area contributed by atoms with Crippen LogP contribution in [0, 0.1) is 0 Å². The van der Waals surface area contributed by atoms with Gasteiger partial charge >= 0.3 is 0 Å². The van der Waals surface area contributed by atoms with Gasteiger partial charge in [0.15, 0.2) is 0 Å². The van der Waals surface area contributed by atoms with Gasteiger partial charge in [-0.1, -0.05) is 97.4 Å². The molecule has 1 N–H and O–H groups in total. The molecular weight excluding hydrogens is 389 g/mol. The van der Waals surface area contributed by atoms with Crippen molar-refractivity contribution in [2.75, 3.05) is 19.6 Å². The van der Waals surface area contributed by atoms with Crippen molar-refractivity contribution in [2.45, 2.75) is 31.0 Å². The van der Waals surface area contributed by atoms with Gasteiger partial charge in [-0.05, 0) is 31.5 Å². The van der Waals surface area contributed by atoms with E-state index in [2.05, 4.69) is 4.90 Å². The van der Waals surface area contributed by atoms with Crippen LogP contribution in [0.2, 0.25) is 0 Å². The van der Waals surface area contributed by atoms with Crippen molar-refractivity contribution in [3.63, 3.8) is 0 Å². The molecule has 3 aromatic rings. The highest BCUT2D eigenvalue weighted by atomic mass is 31.2. The lowest BCUT2D eigenvalue weighted by atomic mass is 10.0. The molecule has 3 aromatic carbocycles. The fourth-order valence-corrected chi connectivity index (χ4v) is 7.85. The molecule has 3 nitrogen and oxygen atoms in total. The van der Waals surface area contributed by atoms with Crippen LogP contribution in [-0.4, -0.2) is 35.3 Å². The van der Waals surface area contributed by atoms with E-state index >= 15 is 4.57 Å². The van der Waals surface area contributed by atoms with Crippen LogP contribution in [0.15, 0.2) is 91.0 Å². The van der Waals surface area contributed by atoms with Crippen molar-refractivity contribution in [2.24, 2.45) is 0 Å². The van der Waals surface area contributed by atoms with Crippen molar-refractivity contribution in [1.29, 1.82) is 0 Å².